The maximum atomic E-state index is 14.2. The van der Waals surface area contributed by atoms with Crippen molar-refractivity contribution in [2.75, 3.05) is 341 Å². The molecule has 0 aliphatic heterocycles. The van der Waals surface area contributed by atoms with E-state index in [4.69, 9.17) is 67.8 Å². The smallest absolute Gasteiger partial charge is 0.307 e. The first kappa shape index (κ1) is 128. The Kier molecular flexibility index (Phi) is 80.3. The fraction of sp³-hybridized carbons (Fsp3) is 0.802. The predicted octanol–water partition coefficient (Wildman–Crippen LogP) is -14.6. The van der Waals surface area contributed by atoms with Crippen molar-refractivity contribution >= 4 is 100 Å². The van der Waals surface area contributed by atoms with Crippen molar-refractivity contribution in [1.82, 2.24) is 118 Å². The average molecular weight is 1970 g/mol. The number of rotatable bonds is 91. The van der Waals surface area contributed by atoms with Crippen molar-refractivity contribution in [2.45, 2.75) is 109 Å². The van der Waals surface area contributed by atoms with E-state index < -0.39 is 47.3 Å². The maximum Gasteiger partial charge on any atom is 0.307 e. The number of nitrogens with zero attached hydrogens (tertiary/aromatic N) is 10. The van der Waals surface area contributed by atoms with E-state index in [-0.39, 0.29) is 385 Å². The zero-order valence-electron chi connectivity index (χ0n) is 82.3. The molecule has 0 aromatic rings. The number of amides is 16. The largest absolute Gasteiger partial charge is 0.469 e. The van der Waals surface area contributed by atoms with Crippen molar-refractivity contribution in [3.8, 4) is 0 Å². The van der Waals surface area contributed by atoms with Crippen molar-refractivity contribution in [2.24, 2.45) is 63.1 Å². The van der Waals surface area contributed by atoms with Crippen LogP contribution >= 0.6 is 0 Å². The molecule has 0 rings (SSSR count). The van der Waals surface area contributed by atoms with Crippen LogP contribution in [0.2, 0.25) is 0 Å². The summed E-state index contributed by atoms with van der Waals surface area (Å²) >= 11 is 0. The summed E-state index contributed by atoms with van der Waals surface area (Å²) < 4.78 is 4.86. The van der Waals surface area contributed by atoms with Gasteiger partial charge in [-0.3, -0.25) is 81.5 Å². The molecular formula is C86H174N34O18. The molecule has 0 aromatic heterocycles. The lowest BCUT2D eigenvalue weighted by molar-refractivity contribution is -0.142. The summed E-state index contributed by atoms with van der Waals surface area (Å²) in [5, 5.41) is 38.3. The Labute approximate surface area is 814 Å². The van der Waals surface area contributed by atoms with E-state index in [2.05, 4.69) is 69.1 Å². The van der Waals surface area contributed by atoms with E-state index in [9.17, 15) is 81.5 Å². The van der Waals surface area contributed by atoms with Crippen molar-refractivity contribution in [3.63, 3.8) is 0 Å². The second-order valence-electron chi connectivity index (χ2n) is 32.2. The molecule has 0 aliphatic carbocycles. The number of hydrogen-bond acceptors (Lipinski definition) is 36. The summed E-state index contributed by atoms with van der Waals surface area (Å²) in [5.41, 5.74) is 63.2. The normalized spacial score (nSPS) is 11.0. The molecule has 0 fully saturated rings. The number of carbonyl (C=O) groups is 17. The summed E-state index contributed by atoms with van der Waals surface area (Å²) in [5.74, 6) is -6.23. The molecule has 0 radical (unpaired) electrons. The maximum absolute atomic E-state index is 14.2. The van der Waals surface area contributed by atoms with Crippen LogP contribution in [0.4, 0.5) is 0 Å². The van der Waals surface area contributed by atoms with Crippen LogP contribution in [0.15, 0.2) is 0 Å². The van der Waals surface area contributed by atoms with Gasteiger partial charge in [-0.2, -0.15) is 0 Å². The minimum atomic E-state index is -0.628. The molecule has 0 bridgehead atoms. The van der Waals surface area contributed by atoms with Gasteiger partial charge < -0.3 is 186 Å². The lowest BCUT2D eigenvalue weighted by Crippen LogP contribution is -2.45. The second kappa shape index (κ2) is 86.4. The second-order valence-corrected chi connectivity index (χ2v) is 32.2. The van der Waals surface area contributed by atoms with Crippen LogP contribution in [0.25, 0.3) is 0 Å². The van der Waals surface area contributed by atoms with E-state index in [0.29, 0.717) is 111 Å². The molecule has 0 atom stereocenters. The third-order valence-electron chi connectivity index (χ3n) is 21.5. The number of methoxy groups -OCH3 is 1. The molecule has 0 saturated carbocycles. The molecule has 52 heteroatoms. The molecule has 0 saturated heterocycles. The van der Waals surface area contributed by atoms with Gasteiger partial charge in [-0.05, 0) is 0 Å². The monoisotopic (exact) mass is 1970 g/mol. The highest BCUT2D eigenvalue weighted by molar-refractivity contribution is 5.86. The van der Waals surface area contributed by atoms with Crippen LogP contribution in [0.1, 0.15) is 109 Å². The molecule has 0 aliphatic rings. The van der Waals surface area contributed by atoms with E-state index in [1.807, 2.05) is 0 Å². The van der Waals surface area contributed by atoms with Crippen molar-refractivity contribution < 1.29 is 86.2 Å². The molecule has 796 valence electrons. The minimum absolute atomic E-state index is 0.00326. The fourth-order valence-corrected chi connectivity index (χ4v) is 13.8. The molecule has 0 unspecified atom stereocenters. The van der Waals surface area contributed by atoms with Crippen LogP contribution in [0, 0.1) is 0 Å². The molecule has 16 amide bonds. The van der Waals surface area contributed by atoms with Crippen molar-refractivity contribution in [1.29, 1.82) is 0 Å². The molecule has 0 aromatic carbocycles. The third-order valence-corrected chi connectivity index (χ3v) is 21.5. The van der Waals surface area contributed by atoms with Gasteiger partial charge in [-0.25, -0.2) is 0 Å². The Hall–Kier alpha value is -9.73. The number of nitrogens with two attached hydrogens (primary N) is 11. The summed E-state index contributed by atoms with van der Waals surface area (Å²) in [4.78, 5) is 242. The Balaban J connectivity index is 6.35. The Morgan fingerprint density at radius 1 is 0.159 bits per heavy atom. The van der Waals surface area contributed by atoms with Gasteiger partial charge in [0.05, 0.1) is 13.5 Å². The molecule has 138 heavy (non-hydrogen) atoms. The van der Waals surface area contributed by atoms with Crippen molar-refractivity contribution in [3.05, 3.63) is 0 Å². The predicted molar refractivity (Wildman–Crippen MR) is 524 cm³/mol. The Morgan fingerprint density at radius 3 is 0.514 bits per heavy atom. The highest BCUT2D eigenvalue weighted by atomic mass is 16.5. The van der Waals surface area contributed by atoms with E-state index in [0.717, 1.165) is 0 Å². The lowest BCUT2D eigenvalue weighted by atomic mass is 10.2. The summed E-state index contributed by atoms with van der Waals surface area (Å²) in [6.07, 6.45) is -0.735. The van der Waals surface area contributed by atoms with E-state index in [1.165, 1.54) is 56.1 Å². The van der Waals surface area contributed by atoms with Crippen LogP contribution in [0.3, 0.4) is 0 Å². The summed E-state index contributed by atoms with van der Waals surface area (Å²) in [6, 6.07) is 0. The van der Waals surface area contributed by atoms with E-state index >= 15 is 0 Å². The van der Waals surface area contributed by atoms with Gasteiger partial charge in [0, 0.05) is 437 Å². The van der Waals surface area contributed by atoms with Gasteiger partial charge in [0.25, 0.3) is 0 Å². The highest BCUT2D eigenvalue weighted by Crippen LogP contribution is 2.11. The number of nitrogens with one attached hydrogen (secondary N) is 13. The molecule has 0 heterocycles. The SMILES string of the molecule is COC(=O)CCN(CCNC(=O)CCN(CCN)C(=O)CCN(CCNC(=O)CCN(CCN)C(=O)CCNCCN)C(=O)CCNCCNC(=O)CCN(CCNC(=O)CCNCCN)C(=O)CCNCCN)C(=O)CCN(CCN)C(=O)CCN(CCN)C(=O)CCN(CCNC(=O)CCNCCNC(=O)CCNCCN)C(=O)CCN(CCN)C(=O)CCN(CCN)C(=O)CCNCCN. The topological polar surface area (TPSA) is 774 Å². The zero-order chi connectivity index (χ0) is 103. The van der Waals surface area contributed by atoms with Gasteiger partial charge in [0.1, 0.15) is 0 Å². The number of carbonyl (C=O) groups excluding carboxylic acids is 17. The summed E-state index contributed by atoms with van der Waals surface area (Å²) in [7, 11) is 1.18. The highest BCUT2D eigenvalue weighted by Gasteiger charge is 2.28. The van der Waals surface area contributed by atoms with Gasteiger partial charge in [-0.15, -0.1) is 0 Å². The summed E-state index contributed by atoms with van der Waals surface area (Å²) in [6.45, 7) is 9.03. The zero-order valence-corrected chi connectivity index (χ0v) is 82.3. The van der Waals surface area contributed by atoms with Crippen LogP contribution in [-0.4, -0.2) is 490 Å². The molecule has 52 nitrogen and oxygen atoms in total. The fourth-order valence-electron chi connectivity index (χ4n) is 13.8. The van der Waals surface area contributed by atoms with Gasteiger partial charge in [0.15, 0.2) is 0 Å². The first-order valence-electron chi connectivity index (χ1n) is 48.7. The van der Waals surface area contributed by atoms with Gasteiger partial charge in [0.2, 0.25) is 94.5 Å². The van der Waals surface area contributed by atoms with Crippen LogP contribution in [0.5, 0.6) is 0 Å². The van der Waals surface area contributed by atoms with Gasteiger partial charge >= 0.3 is 5.97 Å². The number of esters is 1. The number of hydrogen-bond donors (Lipinski definition) is 24. The number of ether oxygens (including phenoxy) is 1. The van der Waals surface area contributed by atoms with Crippen LogP contribution < -0.4 is 132 Å². The van der Waals surface area contributed by atoms with Crippen LogP contribution in [-0.2, 0) is 86.2 Å². The first-order chi connectivity index (χ1) is 66.6. The lowest BCUT2D eigenvalue weighted by Gasteiger charge is -2.29. The Morgan fingerprint density at radius 2 is 0.319 bits per heavy atom. The minimum Gasteiger partial charge on any atom is -0.469 e. The molecule has 35 N–H and O–H groups in total. The Bertz CT molecular complexity index is 3430. The first-order valence-corrected chi connectivity index (χ1v) is 48.7. The molecular weight excluding hydrogens is 1800 g/mol. The average Bonchev–Trinajstić information content (AvgIpc) is 0.887. The third kappa shape index (κ3) is 66.8. The van der Waals surface area contributed by atoms with Gasteiger partial charge in [-0.1, -0.05) is 0 Å². The standard InChI is InChI=1S/C86H174N34O18/c1-138-86(137)18-59-120(85(136)15-56-116(65-29-97)82(133)13-54-114(63-27-95)83(134)17-58-119(68-47-108-72(123)4-32-103-42-44-105-70(121)2-30-98-37-19-87)84(135)14-55-115(64-28-96)81(132)12-53-113(62-26-94)77(128)6-34-101-40-22-90)69-49-110-75(126)10-51-112(61-25-93)80(131)16-57-118(67-48-109-74(125)9-50-111(60-24-92)76(127)5-33-100-39-21-89)79(130)8-36-104-43-45-106-73(124)11-52-117(78(129)7-35-102-41-23-91)66-46-107-71(122)3-31-99-38-20-88/h98-104H,2-69,87-97H2,1H3,(H,105,121)(H,106,124)(H,107,122)(H,108,123)(H,109,125)(H,110,126). The quantitative estimate of drug-likeness (QED) is 0.0199. The molecule has 0 spiro atoms. The van der Waals surface area contributed by atoms with E-state index in [1.54, 1.807) is 0 Å².